The van der Waals surface area contributed by atoms with Gasteiger partial charge in [0.15, 0.2) is 5.69 Å². The van der Waals surface area contributed by atoms with Crippen LogP contribution in [0.1, 0.15) is 30.8 Å². The SMILES string of the molecule is CC(C)Cn1nnc(C#N)c1/C=C/c1ccccc1. The van der Waals surface area contributed by atoms with E-state index in [0.717, 1.165) is 17.8 Å². The highest BCUT2D eigenvalue weighted by Gasteiger charge is 2.10. The normalized spacial score (nSPS) is 11.1. The smallest absolute Gasteiger partial charge is 0.190 e. The van der Waals surface area contributed by atoms with Gasteiger partial charge in [0.2, 0.25) is 0 Å². The first-order valence-electron chi connectivity index (χ1n) is 6.27. The maximum atomic E-state index is 9.06. The molecule has 1 heterocycles. The van der Waals surface area contributed by atoms with Crippen molar-refractivity contribution in [1.29, 1.82) is 5.26 Å². The van der Waals surface area contributed by atoms with Crippen molar-refractivity contribution in [3.63, 3.8) is 0 Å². The van der Waals surface area contributed by atoms with Crippen molar-refractivity contribution in [3.05, 3.63) is 47.3 Å². The zero-order chi connectivity index (χ0) is 13.7. The molecule has 1 aromatic heterocycles. The lowest BCUT2D eigenvalue weighted by molar-refractivity contribution is 0.469. The third kappa shape index (κ3) is 3.29. The van der Waals surface area contributed by atoms with Crippen LogP contribution in [-0.4, -0.2) is 15.0 Å². The molecule has 0 saturated heterocycles. The lowest BCUT2D eigenvalue weighted by atomic mass is 10.2. The predicted octanol–water partition coefficient (Wildman–Crippen LogP) is 2.98. The summed E-state index contributed by atoms with van der Waals surface area (Å²) >= 11 is 0. The average molecular weight is 252 g/mol. The van der Waals surface area contributed by atoms with Crippen molar-refractivity contribution in [2.45, 2.75) is 20.4 Å². The first-order chi connectivity index (χ1) is 9.20. The van der Waals surface area contributed by atoms with E-state index < -0.39 is 0 Å². The van der Waals surface area contributed by atoms with Gasteiger partial charge in [0.1, 0.15) is 6.07 Å². The lowest BCUT2D eigenvalue weighted by Gasteiger charge is -2.05. The lowest BCUT2D eigenvalue weighted by Crippen LogP contribution is -2.08. The van der Waals surface area contributed by atoms with Crippen molar-refractivity contribution >= 4 is 12.2 Å². The summed E-state index contributed by atoms with van der Waals surface area (Å²) in [6.45, 7) is 4.97. The first-order valence-corrected chi connectivity index (χ1v) is 6.27. The van der Waals surface area contributed by atoms with Gasteiger partial charge in [0.25, 0.3) is 0 Å². The summed E-state index contributed by atoms with van der Waals surface area (Å²) in [6.07, 6.45) is 3.87. The maximum Gasteiger partial charge on any atom is 0.190 e. The minimum atomic E-state index is 0.368. The van der Waals surface area contributed by atoms with Crippen LogP contribution in [0, 0.1) is 17.2 Å². The number of hydrogen-bond donors (Lipinski definition) is 0. The summed E-state index contributed by atoms with van der Waals surface area (Å²) in [5, 5.41) is 17.0. The Balaban J connectivity index is 2.30. The fourth-order valence-corrected chi connectivity index (χ4v) is 1.79. The van der Waals surface area contributed by atoms with E-state index in [9.17, 15) is 0 Å². The van der Waals surface area contributed by atoms with Crippen molar-refractivity contribution in [2.75, 3.05) is 0 Å². The standard InChI is InChI=1S/C15H16N4/c1-12(2)11-19-15(14(10-16)17-18-19)9-8-13-6-4-3-5-7-13/h3-9,12H,11H2,1-2H3/b9-8+. The molecular formula is C15H16N4. The molecule has 96 valence electrons. The second-order valence-corrected chi connectivity index (χ2v) is 4.76. The Hall–Kier alpha value is -2.41. The quantitative estimate of drug-likeness (QED) is 0.840. The molecule has 19 heavy (non-hydrogen) atoms. The number of rotatable bonds is 4. The molecule has 0 radical (unpaired) electrons. The molecule has 4 nitrogen and oxygen atoms in total. The Labute approximate surface area is 113 Å². The Morgan fingerprint density at radius 3 is 2.63 bits per heavy atom. The van der Waals surface area contributed by atoms with E-state index >= 15 is 0 Å². The molecule has 0 unspecified atom stereocenters. The molecule has 4 heteroatoms. The van der Waals surface area contributed by atoms with Gasteiger partial charge < -0.3 is 0 Å². The highest BCUT2D eigenvalue weighted by atomic mass is 15.4. The summed E-state index contributed by atoms with van der Waals surface area (Å²) in [5.41, 5.74) is 2.22. The highest BCUT2D eigenvalue weighted by molar-refractivity contribution is 5.69. The topological polar surface area (TPSA) is 54.5 Å². The average Bonchev–Trinajstić information content (AvgIpc) is 2.79. The molecule has 0 fully saturated rings. The zero-order valence-electron chi connectivity index (χ0n) is 11.1. The molecule has 2 rings (SSSR count). The van der Waals surface area contributed by atoms with Gasteiger partial charge in [0, 0.05) is 6.54 Å². The second kappa shape index (κ2) is 5.96. The summed E-state index contributed by atoms with van der Waals surface area (Å²) in [4.78, 5) is 0. The monoisotopic (exact) mass is 252 g/mol. The maximum absolute atomic E-state index is 9.06. The largest absolute Gasteiger partial charge is 0.244 e. The minimum Gasteiger partial charge on any atom is -0.244 e. The molecule has 0 aliphatic heterocycles. The van der Waals surface area contributed by atoms with E-state index in [1.807, 2.05) is 42.5 Å². The molecule has 0 spiro atoms. The molecule has 0 bridgehead atoms. The van der Waals surface area contributed by atoms with E-state index in [1.54, 1.807) is 4.68 Å². The fraction of sp³-hybridized carbons (Fsp3) is 0.267. The van der Waals surface area contributed by atoms with Crippen LogP contribution in [0.15, 0.2) is 30.3 Å². The van der Waals surface area contributed by atoms with Gasteiger partial charge >= 0.3 is 0 Å². The van der Waals surface area contributed by atoms with Crippen LogP contribution in [0.2, 0.25) is 0 Å². The summed E-state index contributed by atoms with van der Waals surface area (Å²) in [5.74, 6) is 0.456. The van der Waals surface area contributed by atoms with E-state index in [-0.39, 0.29) is 0 Å². The van der Waals surface area contributed by atoms with Gasteiger partial charge in [-0.1, -0.05) is 55.5 Å². The van der Waals surface area contributed by atoms with Crippen LogP contribution in [0.4, 0.5) is 0 Å². The second-order valence-electron chi connectivity index (χ2n) is 4.76. The Kier molecular flexibility index (Phi) is 4.09. The van der Waals surface area contributed by atoms with Crippen molar-refractivity contribution in [2.24, 2.45) is 5.92 Å². The van der Waals surface area contributed by atoms with Crippen LogP contribution in [-0.2, 0) is 6.54 Å². The third-order valence-electron chi connectivity index (χ3n) is 2.65. The molecule has 2 aromatic rings. The van der Waals surface area contributed by atoms with Crippen molar-refractivity contribution < 1.29 is 0 Å². The number of benzene rings is 1. The van der Waals surface area contributed by atoms with Gasteiger partial charge in [-0.25, -0.2) is 4.68 Å². The molecule has 1 aromatic carbocycles. The van der Waals surface area contributed by atoms with Crippen molar-refractivity contribution in [3.8, 4) is 6.07 Å². The zero-order valence-corrected chi connectivity index (χ0v) is 11.1. The Morgan fingerprint density at radius 2 is 2.00 bits per heavy atom. The summed E-state index contributed by atoms with van der Waals surface area (Å²) in [6, 6.07) is 12.0. The van der Waals surface area contributed by atoms with Gasteiger partial charge in [-0.2, -0.15) is 5.26 Å². The molecular weight excluding hydrogens is 236 g/mol. The van der Waals surface area contributed by atoms with Crippen LogP contribution in [0.3, 0.4) is 0 Å². The van der Waals surface area contributed by atoms with Gasteiger partial charge in [-0.3, -0.25) is 0 Å². The van der Waals surface area contributed by atoms with Crippen LogP contribution in [0.25, 0.3) is 12.2 Å². The predicted molar refractivity (Wildman–Crippen MR) is 74.9 cm³/mol. The minimum absolute atomic E-state index is 0.368. The molecule has 0 N–H and O–H groups in total. The highest BCUT2D eigenvalue weighted by Crippen LogP contribution is 2.12. The van der Waals surface area contributed by atoms with Crippen LogP contribution >= 0.6 is 0 Å². The van der Waals surface area contributed by atoms with Gasteiger partial charge in [-0.15, -0.1) is 5.10 Å². The van der Waals surface area contributed by atoms with E-state index in [4.69, 9.17) is 5.26 Å². The van der Waals surface area contributed by atoms with Crippen molar-refractivity contribution in [1.82, 2.24) is 15.0 Å². The Morgan fingerprint density at radius 1 is 1.26 bits per heavy atom. The van der Waals surface area contributed by atoms with Gasteiger partial charge in [-0.05, 0) is 17.6 Å². The number of aromatic nitrogens is 3. The van der Waals surface area contributed by atoms with E-state index in [2.05, 4.69) is 30.2 Å². The first kappa shape index (κ1) is 13.0. The number of hydrogen-bond acceptors (Lipinski definition) is 3. The van der Waals surface area contributed by atoms with Crippen LogP contribution < -0.4 is 0 Å². The number of nitriles is 1. The number of nitrogens with zero attached hydrogens (tertiary/aromatic N) is 4. The van der Waals surface area contributed by atoms with Crippen LogP contribution in [0.5, 0.6) is 0 Å². The molecule has 0 aliphatic carbocycles. The molecule has 0 aliphatic rings. The third-order valence-corrected chi connectivity index (χ3v) is 2.65. The van der Waals surface area contributed by atoms with Gasteiger partial charge in [0.05, 0.1) is 5.69 Å². The summed E-state index contributed by atoms with van der Waals surface area (Å²) in [7, 11) is 0. The van der Waals surface area contributed by atoms with E-state index in [1.165, 1.54) is 0 Å². The van der Waals surface area contributed by atoms with E-state index in [0.29, 0.717) is 11.6 Å². The summed E-state index contributed by atoms with van der Waals surface area (Å²) < 4.78 is 1.78. The molecule has 0 atom stereocenters. The fourth-order valence-electron chi connectivity index (χ4n) is 1.79. The Bertz CT molecular complexity index is 603. The molecule has 0 amide bonds. The molecule has 0 saturated carbocycles.